The third kappa shape index (κ3) is 5.84. The Hall–Kier alpha value is -1.29. The number of halogens is 2. The Kier molecular flexibility index (Phi) is 7.36. The molecule has 22 heavy (non-hydrogen) atoms. The maximum atomic E-state index is 12.8. The second kappa shape index (κ2) is 7.82. The van der Waals surface area contributed by atoms with Gasteiger partial charge >= 0.3 is 27.3 Å². The summed E-state index contributed by atoms with van der Waals surface area (Å²) in [6.07, 6.45) is 0.928. The summed E-state index contributed by atoms with van der Waals surface area (Å²) in [5, 5.41) is -5.00. The van der Waals surface area contributed by atoms with Crippen molar-refractivity contribution < 1.29 is 40.8 Å². The SMILES string of the molecule is CCC(C)(C)C(=O)OCCCCOC(=O)C(F)(F)S(=O)(=O)O. The molecule has 0 aliphatic heterocycles. The lowest BCUT2D eigenvalue weighted by Crippen LogP contribution is -2.39. The van der Waals surface area contributed by atoms with Gasteiger partial charge in [-0.05, 0) is 33.1 Å². The molecule has 0 atom stereocenters. The molecular formula is C12H20F2O7S. The minimum absolute atomic E-state index is 0.0223. The van der Waals surface area contributed by atoms with Gasteiger partial charge in [-0.2, -0.15) is 17.2 Å². The molecule has 0 fully saturated rings. The van der Waals surface area contributed by atoms with E-state index in [4.69, 9.17) is 9.29 Å². The molecule has 0 aromatic rings. The van der Waals surface area contributed by atoms with Crippen molar-refractivity contribution in [1.29, 1.82) is 0 Å². The van der Waals surface area contributed by atoms with Crippen LogP contribution < -0.4 is 0 Å². The van der Waals surface area contributed by atoms with Crippen molar-refractivity contribution in [2.24, 2.45) is 5.41 Å². The van der Waals surface area contributed by atoms with Crippen LogP contribution in [0.25, 0.3) is 0 Å². The van der Waals surface area contributed by atoms with Crippen LogP contribution >= 0.6 is 0 Å². The molecule has 1 N–H and O–H groups in total. The molecule has 0 radical (unpaired) electrons. The van der Waals surface area contributed by atoms with Gasteiger partial charge in [0.05, 0.1) is 18.6 Å². The van der Waals surface area contributed by atoms with Gasteiger partial charge in [0.2, 0.25) is 0 Å². The van der Waals surface area contributed by atoms with E-state index in [9.17, 15) is 26.8 Å². The van der Waals surface area contributed by atoms with Gasteiger partial charge in [-0.3, -0.25) is 9.35 Å². The summed E-state index contributed by atoms with van der Waals surface area (Å²) < 4.78 is 63.3. The molecule has 10 heteroatoms. The number of carbonyl (C=O) groups excluding carboxylic acids is 2. The zero-order chi connectivity index (χ0) is 17.6. The second-order valence-corrected chi connectivity index (χ2v) is 6.67. The van der Waals surface area contributed by atoms with Crippen molar-refractivity contribution in [3.05, 3.63) is 0 Å². The molecule has 0 heterocycles. The molecule has 0 aliphatic carbocycles. The van der Waals surface area contributed by atoms with E-state index in [1.807, 2.05) is 6.92 Å². The Morgan fingerprint density at radius 1 is 1.05 bits per heavy atom. The summed E-state index contributed by atoms with van der Waals surface area (Å²) in [6, 6.07) is 0. The van der Waals surface area contributed by atoms with Gasteiger partial charge < -0.3 is 9.47 Å². The van der Waals surface area contributed by atoms with Crippen molar-refractivity contribution >= 4 is 22.1 Å². The fraction of sp³-hybridized carbons (Fsp3) is 0.833. The number of esters is 2. The van der Waals surface area contributed by atoms with E-state index in [1.54, 1.807) is 13.8 Å². The average Bonchev–Trinajstić information content (AvgIpc) is 2.40. The summed E-state index contributed by atoms with van der Waals surface area (Å²) in [5.74, 6) is -2.75. The van der Waals surface area contributed by atoms with E-state index < -0.39 is 39.3 Å². The number of carbonyl (C=O) groups is 2. The van der Waals surface area contributed by atoms with Crippen LogP contribution in [0.3, 0.4) is 0 Å². The van der Waals surface area contributed by atoms with Gasteiger partial charge in [0.25, 0.3) is 0 Å². The predicted molar refractivity (Wildman–Crippen MR) is 71.7 cm³/mol. The highest BCUT2D eigenvalue weighted by Crippen LogP contribution is 2.23. The van der Waals surface area contributed by atoms with Crippen LogP contribution in [-0.2, 0) is 29.2 Å². The number of hydrogen-bond acceptors (Lipinski definition) is 6. The maximum absolute atomic E-state index is 12.8. The molecule has 0 aromatic heterocycles. The summed E-state index contributed by atoms with van der Waals surface area (Å²) in [7, 11) is -5.86. The van der Waals surface area contributed by atoms with E-state index in [0.717, 1.165) is 0 Å². The molecule has 0 unspecified atom stereocenters. The Labute approximate surface area is 127 Å². The topological polar surface area (TPSA) is 107 Å². The highest BCUT2D eigenvalue weighted by molar-refractivity contribution is 7.87. The predicted octanol–water partition coefficient (Wildman–Crippen LogP) is 1.77. The highest BCUT2D eigenvalue weighted by atomic mass is 32.2. The Morgan fingerprint density at radius 3 is 1.82 bits per heavy atom. The maximum Gasteiger partial charge on any atom is 0.465 e. The molecule has 7 nitrogen and oxygen atoms in total. The largest absolute Gasteiger partial charge is 0.465 e. The number of ether oxygens (including phenoxy) is 2. The van der Waals surface area contributed by atoms with E-state index >= 15 is 0 Å². The van der Waals surface area contributed by atoms with Crippen molar-refractivity contribution in [2.45, 2.75) is 45.3 Å². The highest BCUT2D eigenvalue weighted by Gasteiger charge is 2.54. The monoisotopic (exact) mass is 346 g/mol. The first-order valence-corrected chi connectivity index (χ1v) is 7.99. The van der Waals surface area contributed by atoms with Gasteiger partial charge in [0.15, 0.2) is 0 Å². The lowest BCUT2D eigenvalue weighted by atomic mass is 9.91. The first-order chi connectivity index (χ1) is 9.86. The molecule has 0 aliphatic rings. The van der Waals surface area contributed by atoms with Crippen molar-refractivity contribution in [1.82, 2.24) is 0 Å². The molecule has 0 saturated carbocycles. The van der Waals surface area contributed by atoms with Crippen molar-refractivity contribution in [3.8, 4) is 0 Å². The van der Waals surface area contributed by atoms with E-state index in [0.29, 0.717) is 6.42 Å². The normalized spacial score (nSPS) is 12.8. The molecule has 130 valence electrons. The Morgan fingerprint density at radius 2 is 1.45 bits per heavy atom. The van der Waals surface area contributed by atoms with Crippen LogP contribution in [0.1, 0.15) is 40.0 Å². The standard InChI is InChI=1S/C12H20F2O7S/c1-4-11(2,3)9(15)20-7-5-6-8-21-10(16)12(13,14)22(17,18)19/h4-8H2,1-3H3,(H,17,18,19). The molecule has 0 amide bonds. The summed E-state index contributed by atoms with van der Waals surface area (Å²) in [4.78, 5) is 22.4. The number of unbranched alkanes of at least 4 members (excludes halogenated alkanes) is 1. The van der Waals surface area contributed by atoms with Crippen molar-refractivity contribution in [3.63, 3.8) is 0 Å². The lowest BCUT2D eigenvalue weighted by Gasteiger charge is -2.20. The third-order valence-corrected chi connectivity index (χ3v) is 3.82. The first kappa shape index (κ1) is 20.7. The van der Waals surface area contributed by atoms with Gasteiger partial charge in [0, 0.05) is 0 Å². The van der Waals surface area contributed by atoms with Crippen LogP contribution in [0.2, 0.25) is 0 Å². The minimum atomic E-state index is -5.86. The van der Waals surface area contributed by atoms with Crippen LogP contribution in [0.15, 0.2) is 0 Å². The first-order valence-electron chi connectivity index (χ1n) is 6.55. The second-order valence-electron chi connectivity index (χ2n) is 5.21. The van der Waals surface area contributed by atoms with Crippen LogP contribution in [-0.4, -0.2) is 43.4 Å². The number of alkyl halides is 2. The number of rotatable bonds is 9. The molecule has 0 aromatic carbocycles. The lowest BCUT2D eigenvalue weighted by molar-refractivity contribution is -0.162. The van der Waals surface area contributed by atoms with E-state index in [1.165, 1.54) is 0 Å². The van der Waals surface area contributed by atoms with Gasteiger partial charge in [0.1, 0.15) is 0 Å². The quantitative estimate of drug-likeness (QED) is 0.385. The zero-order valence-corrected chi connectivity index (χ0v) is 13.4. The summed E-state index contributed by atoms with van der Waals surface area (Å²) in [6.45, 7) is 4.80. The molecule has 0 spiro atoms. The minimum Gasteiger partial charge on any atom is -0.465 e. The number of hydrogen-bond donors (Lipinski definition) is 1. The van der Waals surface area contributed by atoms with E-state index in [2.05, 4.69) is 4.74 Å². The molecule has 0 saturated heterocycles. The van der Waals surface area contributed by atoms with Gasteiger partial charge in [-0.25, -0.2) is 4.79 Å². The molecular weight excluding hydrogens is 326 g/mol. The van der Waals surface area contributed by atoms with Gasteiger partial charge in [-0.1, -0.05) is 6.92 Å². The molecule has 0 rings (SSSR count). The summed E-state index contributed by atoms with van der Waals surface area (Å²) in [5.41, 5.74) is -0.621. The average molecular weight is 346 g/mol. The van der Waals surface area contributed by atoms with E-state index in [-0.39, 0.29) is 19.4 Å². The fourth-order valence-electron chi connectivity index (χ4n) is 1.06. The Bertz CT molecular complexity index is 500. The van der Waals surface area contributed by atoms with Crippen molar-refractivity contribution in [2.75, 3.05) is 13.2 Å². The third-order valence-electron chi connectivity index (χ3n) is 3.00. The van der Waals surface area contributed by atoms with Crippen LogP contribution in [0, 0.1) is 5.41 Å². The summed E-state index contributed by atoms with van der Waals surface area (Å²) >= 11 is 0. The van der Waals surface area contributed by atoms with Crippen LogP contribution in [0.5, 0.6) is 0 Å². The smallest absolute Gasteiger partial charge is 0.465 e. The van der Waals surface area contributed by atoms with Gasteiger partial charge in [-0.15, -0.1) is 0 Å². The Balaban J connectivity index is 4.02. The van der Waals surface area contributed by atoms with Crippen LogP contribution in [0.4, 0.5) is 8.78 Å². The fourth-order valence-corrected chi connectivity index (χ4v) is 1.33. The molecule has 0 bridgehead atoms. The zero-order valence-electron chi connectivity index (χ0n) is 12.6.